The second kappa shape index (κ2) is 3.40. The standard InChI is InChI=1S/C12H15NO3/c1-12(2,3)16-11(15)13-7-6-8-4-5-9(14)10(8)13/h4-6,14H,7H2,1-3H3. The van der Waals surface area contributed by atoms with Crippen LogP contribution in [0.2, 0.25) is 0 Å². The Bertz CT molecular complexity index is 424. The van der Waals surface area contributed by atoms with E-state index < -0.39 is 11.7 Å². The Morgan fingerprint density at radius 3 is 2.75 bits per heavy atom. The van der Waals surface area contributed by atoms with Gasteiger partial charge in [0.2, 0.25) is 0 Å². The van der Waals surface area contributed by atoms with E-state index in [9.17, 15) is 9.90 Å². The second-order valence-corrected chi connectivity index (χ2v) is 4.82. The van der Waals surface area contributed by atoms with Crippen LogP contribution in [0.1, 0.15) is 20.8 Å². The molecule has 16 heavy (non-hydrogen) atoms. The molecule has 0 unspecified atom stereocenters. The van der Waals surface area contributed by atoms with Crippen LogP contribution in [0.5, 0.6) is 0 Å². The Labute approximate surface area is 94.5 Å². The second-order valence-electron chi connectivity index (χ2n) is 4.82. The van der Waals surface area contributed by atoms with Crippen LogP contribution >= 0.6 is 0 Å². The van der Waals surface area contributed by atoms with E-state index in [0.29, 0.717) is 12.2 Å². The zero-order valence-electron chi connectivity index (χ0n) is 9.65. The van der Waals surface area contributed by atoms with Gasteiger partial charge >= 0.3 is 6.09 Å². The first kappa shape index (κ1) is 10.8. The van der Waals surface area contributed by atoms with Crippen LogP contribution < -0.4 is 0 Å². The summed E-state index contributed by atoms with van der Waals surface area (Å²) in [5.41, 5.74) is 0.903. The lowest BCUT2D eigenvalue weighted by Gasteiger charge is -2.25. The van der Waals surface area contributed by atoms with E-state index in [1.165, 1.54) is 4.90 Å². The minimum absolute atomic E-state index is 0.120. The number of hydrogen-bond acceptors (Lipinski definition) is 3. The van der Waals surface area contributed by atoms with Crippen LogP contribution in [0.4, 0.5) is 4.79 Å². The van der Waals surface area contributed by atoms with Gasteiger partial charge in [-0.05, 0) is 32.9 Å². The van der Waals surface area contributed by atoms with Gasteiger partial charge in [-0.25, -0.2) is 4.79 Å². The minimum atomic E-state index is -0.526. The zero-order chi connectivity index (χ0) is 11.9. The molecule has 2 rings (SSSR count). The van der Waals surface area contributed by atoms with E-state index in [0.717, 1.165) is 5.57 Å². The first-order valence-corrected chi connectivity index (χ1v) is 5.21. The summed E-state index contributed by atoms with van der Waals surface area (Å²) in [5, 5.41) is 9.62. The fourth-order valence-corrected chi connectivity index (χ4v) is 1.70. The number of rotatable bonds is 0. The van der Waals surface area contributed by atoms with Crippen molar-refractivity contribution in [1.29, 1.82) is 0 Å². The van der Waals surface area contributed by atoms with Crippen LogP contribution in [0, 0.1) is 0 Å². The lowest BCUT2D eigenvalue weighted by atomic mass is 10.2. The maximum atomic E-state index is 11.8. The van der Waals surface area contributed by atoms with Gasteiger partial charge in [-0.2, -0.15) is 0 Å². The Morgan fingerprint density at radius 1 is 1.44 bits per heavy atom. The number of carbonyl (C=O) groups excluding carboxylic acids is 1. The van der Waals surface area contributed by atoms with Crippen LogP contribution in [-0.2, 0) is 4.74 Å². The van der Waals surface area contributed by atoms with Crippen molar-refractivity contribution in [2.75, 3.05) is 6.54 Å². The van der Waals surface area contributed by atoms with E-state index in [4.69, 9.17) is 4.74 Å². The van der Waals surface area contributed by atoms with Gasteiger partial charge < -0.3 is 9.84 Å². The van der Waals surface area contributed by atoms with Crippen LogP contribution in [0.3, 0.4) is 0 Å². The maximum absolute atomic E-state index is 11.8. The molecule has 2 aliphatic rings. The SMILES string of the molecule is CC(C)(C)OC(=O)N1CC=C2C=CC(O)=C21. The van der Waals surface area contributed by atoms with E-state index >= 15 is 0 Å². The van der Waals surface area contributed by atoms with E-state index in [2.05, 4.69) is 0 Å². The number of aliphatic hydroxyl groups excluding tert-OH is 1. The number of fused-ring (bicyclic) bond motifs is 1. The Balaban J connectivity index is 2.15. The summed E-state index contributed by atoms with van der Waals surface area (Å²) in [6, 6.07) is 0. The van der Waals surface area contributed by atoms with E-state index in [1.54, 1.807) is 12.2 Å². The van der Waals surface area contributed by atoms with Crippen molar-refractivity contribution in [3.8, 4) is 0 Å². The molecule has 0 saturated heterocycles. The first-order chi connectivity index (χ1) is 7.38. The summed E-state index contributed by atoms with van der Waals surface area (Å²) in [7, 11) is 0. The average molecular weight is 221 g/mol. The van der Waals surface area contributed by atoms with Crippen molar-refractivity contribution in [2.45, 2.75) is 26.4 Å². The van der Waals surface area contributed by atoms with Crippen LogP contribution in [0.25, 0.3) is 0 Å². The monoisotopic (exact) mass is 221 g/mol. The number of carbonyl (C=O) groups is 1. The number of hydrogen-bond donors (Lipinski definition) is 1. The molecule has 0 aromatic carbocycles. The largest absolute Gasteiger partial charge is 0.506 e. The number of amides is 1. The lowest BCUT2D eigenvalue weighted by molar-refractivity contribution is 0.0339. The topological polar surface area (TPSA) is 49.8 Å². The smallest absolute Gasteiger partial charge is 0.415 e. The van der Waals surface area contributed by atoms with Crippen molar-refractivity contribution in [1.82, 2.24) is 4.90 Å². The van der Waals surface area contributed by atoms with Gasteiger partial charge in [-0.1, -0.05) is 6.08 Å². The molecule has 4 heteroatoms. The van der Waals surface area contributed by atoms with Crippen molar-refractivity contribution >= 4 is 6.09 Å². The number of aliphatic hydroxyl groups is 1. The highest BCUT2D eigenvalue weighted by Gasteiger charge is 2.32. The van der Waals surface area contributed by atoms with Crippen molar-refractivity contribution in [3.63, 3.8) is 0 Å². The summed E-state index contributed by atoms with van der Waals surface area (Å²) < 4.78 is 5.26. The Hall–Kier alpha value is -1.71. The molecule has 1 aliphatic carbocycles. The van der Waals surface area contributed by atoms with Gasteiger partial charge in [0.05, 0.1) is 5.70 Å². The molecule has 1 amide bonds. The van der Waals surface area contributed by atoms with Gasteiger partial charge in [0.15, 0.2) is 0 Å². The molecule has 1 heterocycles. The summed E-state index contributed by atoms with van der Waals surface area (Å²) >= 11 is 0. The molecular formula is C12H15NO3. The molecule has 0 spiro atoms. The molecule has 0 aromatic rings. The van der Waals surface area contributed by atoms with Crippen molar-refractivity contribution in [3.05, 3.63) is 35.3 Å². The van der Waals surface area contributed by atoms with Crippen LogP contribution in [0.15, 0.2) is 35.3 Å². The highest BCUT2D eigenvalue weighted by atomic mass is 16.6. The molecule has 0 radical (unpaired) electrons. The zero-order valence-corrected chi connectivity index (χ0v) is 9.65. The molecule has 0 aromatic heterocycles. The first-order valence-electron chi connectivity index (χ1n) is 5.21. The molecule has 4 nitrogen and oxygen atoms in total. The Morgan fingerprint density at radius 2 is 2.12 bits per heavy atom. The molecule has 0 fully saturated rings. The fourth-order valence-electron chi connectivity index (χ4n) is 1.70. The number of ether oxygens (including phenoxy) is 1. The lowest BCUT2D eigenvalue weighted by Crippen LogP contribution is -2.34. The van der Waals surface area contributed by atoms with Gasteiger partial charge in [-0.15, -0.1) is 0 Å². The predicted molar refractivity (Wildman–Crippen MR) is 59.8 cm³/mol. The number of nitrogens with zero attached hydrogens (tertiary/aromatic N) is 1. The van der Waals surface area contributed by atoms with Gasteiger partial charge in [0, 0.05) is 12.1 Å². The van der Waals surface area contributed by atoms with Gasteiger partial charge in [0.1, 0.15) is 11.4 Å². The molecule has 1 aliphatic heterocycles. The van der Waals surface area contributed by atoms with E-state index in [-0.39, 0.29) is 5.76 Å². The highest BCUT2D eigenvalue weighted by molar-refractivity contribution is 5.75. The minimum Gasteiger partial charge on any atom is -0.506 e. The number of allylic oxidation sites excluding steroid dienone is 2. The molecule has 0 atom stereocenters. The highest BCUT2D eigenvalue weighted by Crippen LogP contribution is 2.32. The summed E-state index contributed by atoms with van der Waals surface area (Å²) in [6.07, 6.45) is 4.83. The van der Waals surface area contributed by atoms with Crippen LogP contribution in [-0.4, -0.2) is 28.2 Å². The van der Waals surface area contributed by atoms with Crippen molar-refractivity contribution in [2.24, 2.45) is 0 Å². The summed E-state index contributed by atoms with van der Waals surface area (Å²) in [4.78, 5) is 13.3. The van der Waals surface area contributed by atoms with E-state index in [1.807, 2.05) is 26.8 Å². The van der Waals surface area contributed by atoms with Gasteiger partial charge in [-0.3, -0.25) is 4.90 Å². The predicted octanol–water partition coefficient (Wildman–Crippen LogP) is 2.50. The Kier molecular flexibility index (Phi) is 2.30. The normalized spacial score (nSPS) is 18.9. The maximum Gasteiger partial charge on any atom is 0.415 e. The average Bonchev–Trinajstić information content (AvgIpc) is 2.66. The molecule has 0 bridgehead atoms. The third-order valence-electron chi connectivity index (χ3n) is 2.31. The molecular weight excluding hydrogens is 206 g/mol. The van der Waals surface area contributed by atoms with Gasteiger partial charge in [0.25, 0.3) is 0 Å². The third-order valence-corrected chi connectivity index (χ3v) is 2.31. The third kappa shape index (κ3) is 1.83. The summed E-state index contributed by atoms with van der Waals surface area (Å²) in [6.45, 7) is 5.90. The molecule has 86 valence electrons. The quantitative estimate of drug-likeness (QED) is 0.683. The van der Waals surface area contributed by atoms with Crippen molar-refractivity contribution < 1.29 is 14.6 Å². The fraction of sp³-hybridized carbons (Fsp3) is 0.417. The summed E-state index contributed by atoms with van der Waals surface area (Å²) in [5.74, 6) is 0.120. The molecule has 1 N–H and O–H groups in total. The molecule has 0 saturated carbocycles.